The van der Waals surface area contributed by atoms with Crippen molar-refractivity contribution in [2.24, 2.45) is 0 Å². The summed E-state index contributed by atoms with van der Waals surface area (Å²) < 4.78 is 16.3. The molecule has 0 spiro atoms. The summed E-state index contributed by atoms with van der Waals surface area (Å²) in [6, 6.07) is 8.40. The van der Waals surface area contributed by atoms with Gasteiger partial charge in [-0.3, -0.25) is 0 Å². The third kappa shape index (κ3) is 4.22. The van der Waals surface area contributed by atoms with Gasteiger partial charge in [-0.25, -0.2) is 0 Å². The minimum atomic E-state index is -0.173. The molecular weight excluding hydrogens is 240 g/mol. The van der Waals surface area contributed by atoms with Gasteiger partial charge in [0.25, 0.3) is 0 Å². The second kappa shape index (κ2) is 7.51. The normalized spacial score (nSPS) is 17.6. The van der Waals surface area contributed by atoms with Crippen molar-refractivity contribution >= 4 is 0 Å². The first-order chi connectivity index (χ1) is 9.31. The molecule has 0 bridgehead atoms. The number of rotatable bonds is 7. The van der Waals surface area contributed by atoms with Crippen molar-refractivity contribution in [3.8, 4) is 5.75 Å². The minimum absolute atomic E-state index is 0.173. The van der Waals surface area contributed by atoms with Gasteiger partial charge in [0.1, 0.15) is 12.4 Å². The lowest BCUT2D eigenvalue weighted by molar-refractivity contribution is -0.115. The number of hydrogen-bond acceptors (Lipinski definition) is 3. The van der Waals surface area contributed by atoms with Crippen LogP contribution in [0.4, 0.5) is 0 Å². The fourth-order valence-electron chi connectivity index (χ4n) is 2.62. The average Bonchev–Trinajstić information content (AvgIpc) is 2.97. The first-order valence-corrected chi connectivity index (χ1v) is 7.17. The molecule has 0 amide bonds. The van der Waals surface area contributed by atoms with E-state index in [2.05, 4.69) is 18.2 Å². The lowest BCUT2D eigenvalue weighted by Crippen LogP contribution is -2.16. The zero-order valence-electron chi connectivity index (χ0n) is 11.9. The lowest BCUT2D eigenvalue weighted by Gasteiger charge is -2.16. The number of benzene rings is 1. The third-order valence-electron chi connectivity index (χ3n) is 3.74. The summed E-state index contributed by atoms with van der Waals surface area (Å²) in [6.07, 6.45) is 5.09. The Kier molecular flexibility index (Phi) is 5.67. The Bertz CT molecular complexity index is 372. The Morgan fingerprint density at radius 1 is 1.16 bits per heavy atom. The van der Waals surface area contributed by atoms with Gasteiger partial charge < -0.3 is 14.2 Å². The number of para-hydroxylation sites is 1. The third-order valence-corrected chi connectivity index (χ3v) is 3.74. The van der Waals surface area contributed by atoms with Gasteiger partial charge in [0.2, 0.25) is 0 Å². The maximum atomic E-state index is 5.86. The van der Waals surface area contributed by atoms with Crippen molar-refractivity contribution < 1.29 is 14.2 Å². The van der Waals surface area contributed by atoms with Gasteiger partial charge in [-0.15, -0.1) is 0 Å². The quantitative estimate of drug-likeness (QED) is 0.555. The van der Waals surface area contributed by atoms with E-state index in [4.69, 9.17) is 14.2 Å². The van der Waals surface area contributed by atoms with Crippen LogP contribution in [0.5, 0.6) is 5.75 Å². The van der Waals surface area contributed by atoms with Gasteiger partial charge >= 0.3 is 0 Å². The Hall–Kier alpha value is -1.06. The summed E-state index contributed by atoms with van der Waals surface area (Å²) in [7, 11) is 1.64. The molecule has 0 aromatic heterocycles. The first kappa shape index (κ1) is 14.4. The fourth-order valence-corrected chi connectivity index (χ4v) is 2.62. The smallest absolute Gasteiger partial charge is 0.154 e. The van der Waals surface area contributed by atoms with Crippen molar-refractivity contribution in [3.05, 3.63) is 29.8 Å². The Morgan fingerprint density at radius 3 is 2.63 bits per heavy atom. The number of hydrogen-bond donors (Lipinski definition) is 0. The van der Waals surface area contributed by atoms with E-state index in [9.17, 15) is 0 Å². The molecule has 1 aromatic rings. The molecule has 0 heterocycles. The highest BCUT2D eigenvalue weighted by molar-refractivity contribution is 5.36. The molecule has 19 heavy (non-hydrogen) atoms. The molecule has 2 rings (SSSR count). The van der Waals surface area contributed by atoms with Crippen LogP contribution < -0.4 is 4.74 Å². The second-order valence-electron chi connectivity index (χ2n) is 5.04. The Morgan fingerprint density at radius 2 is 1.89 bits per heavy atom. The molecule has 0 N–H and O–H groups in total. The number of ether oxygens (including phenoxy) is 3. The van der Waals surface area contributed by atoms with Gasteiger partial charge in [-0.2, -0.15) is 0 Å². The fraction of sp³-hybridized carbons (Fsp3) is 0.625. The molecule has 1 aromatic carbocycles. The van der Waals surface area contributed by atoms with Crippen LogP contribution in [0.15, 0.2) is 24.3 Å². The van der Waals surface area contributed by atoms with Crippen LogP contribution in [0.25, 0.3) is 0 Å². The maximum absolute atomic E-state index is 5.86. The summed E-state index contributed by atoms with van der Waals surface area (Å²) in [6.45, 7) is 3.00. The van der Waals surface area contributed by atoms with Crippen molar-refractivity contribution in [2.75, 3.05) is 20.3 Å². The van der Waals surface area contributed by atoms with Crippen LogP contribution in [-0.4, -0.2) is 26.6 Å². The molecule has 0 radical (unpaired) electrons. The Balaban J connectivity index is 1.85. The molecule has 0 saturated heterocycles. The van der Waals surface area contributed by atoms with Crippen LogP contribution in [0, 0.1) is 0 Å². The van der Waals surface area contributed by atoms with Crippen molar-refractivity contribution in [3.63, 3.8) is 0 Å². The predicted molar refractivity (Wildman–Crippen MR) is 75.6 cm³/mol. The van der Waals surface area contributed by atoms with Crippen molar-refractivity contribution in [1.82, 2.24) is 0 Å². The summed E-state index contributed by atoms with van der Waals surface area (Å²) >= 11 is 0. The highest BCUT2D eigenvalue weighted by Gasteiger charge is 2.20. The largest absolute Gasteiger partial charge is 0.491 e. The molecule has 1 saturated carbocycles. The molecule has 1 aliphatic rings. The molecular formula is C16H24O3. The average molecular weight is 264 g/mol. The second-order valence-corrected chi connectivity index (χ2v) is 5.04. The predicted octanol–water partition coefficient (Wildman–Crippen LogP) is 3.73. The van der Waals surface area contributed by atoms with E-state index in [1.54, 1.807) is 7.11 Å². The number of methoxy groups -OCH3 is 1. The zero-order chi connectivity index (χ0) is 13.5. The molecule has 1 fully saturated rings. The van der Waals surface area contributed by atoms with E-state index in [0.29, 0.717) is 19.1 Å². The molecule has 1 aliphatic carbocycles. The van der Waals surface area contributed by atoms with Crippen molar-refractivity contribution in [2.45, 2.75) is 44.8 Å². The van der Waals surface area contributed by atoms with E-state index in [1.165, 1.54) is 31.2 Å². The van der Waals surface area contributed by atoms with Gasteiger partial charge in [0.15, 0.2) is 6.29 Å². The van der Waals surface area contributed by atoms with Crippen molar-refractivity contribution in [1.29, 1.82) is 0 Å². The summed E-state index contributed by atoms with van der Waals surface area (Å²) in [4.78, 5) is 0. The van der Waals surface area contributed by atoms with E-state index in [0.717, 1.165) is 5.75 Å². The van der Waals surface area contributed by atoms with E-state index in [-0.39, 0.29) is 6.29 Å². The summed E-state index contributed by atoms with van der Waals surface area (Å²) in [5.41, 5.74) is 1.36. The topological polar surface area (TPSA) is 27.7 Å². The Labute approximate surface area is 115 Å². The first-order valence-electron chi connectivity index (χ1n) is 7.17. The molecule has 3 heteroatoms. The van der Waals surface area contributed by atoms with Crippen LogP contribution >= 0.6 is 0 Å². The standard InChI is InChI=1S/C16H24O3/c1-13(17-2)18-11-12-19-16-10-6-5-9-15(16)14-7-3-4-8-14/h5-6,9-10,13-14H,3-4,7-8,11-12H2,1-2H3. The van der Waals surface area contributed by atoms with E-state index in [1.807, 2.05) is 13.0 Å². The molecule has 1 atom stereocenters. The summed E-state index contributed by atoms with van der Waals surface area (Å²) in [5, 5.41) is 0. The highest BCUT2D eigenvalue weighted by Crippen LogP contribution is 2.38. The lowest BCUT2D eigenvalue weighted by atomic mass is 9.97. The minimum Gasteiger partial charge on any atom is -0.491 e. The van der Waals surface area contributed by atoms with Crippen LogP contribution in [0.3, 0.4) is 0 Å². The molecule has 1 unspecified atom stereocenters. The van der Waals surface area contributed by atoms with Gasteiger partial charge in [-0.05, 0) is 37.3 Å². The molecule has 0 aliphatic heterocycles. The van der Waals surface area contributed by atoms with Crippen LogP contribution in [-0.2, 0) is 9.47 Å². The van der Waals surface area contributed by atoms with Crippen LogP contribution in [0.1, 0.15) is 44.1 Å². The van der Waals surface area contributed by atoms with Gasteiger partial charge in [0, 0.05) is 7.11 Å². The zero-order valence-corrected chi connectivity index (χ0v) is 11.9. The van der Waals surface area contributed by atoms with Crippen LogP contribution in [0.2, 0.25) is 0 Å². The molecule has 106 valence electrons. The SMILES string of the molecule is COC(C)OCCOc1ccccc1C1CCCC1. The molecule has 3 nitrogen and oxygen atoms in total. The van der Waals surface area contributed by atoms with Gasteiger partial charge in [-0.1, -0.05) is 31.0 Å². The highest BCUT2D eigenvalue weighted by atomic mass is 16.7. The van der Waals surface area contributed by atoms with E-state index < -0.39 is 0 Å². The van der Waals surface area contributed by atoms with Gasteiger partial charge in [0.05, 0.1) is 6.61 Å². The summed E-state index contributed by atoms with van der Waals surface area (Å²) in [5.74, 6) is 1.69. The maximum Gasteiger partial charge on any atom is 0.154 e. The monoisotopic (exact) mass is 264 g/mol. The van der Waals surface area contributed by atoms with E-state index >= 15 is 0 Å².